The fourth-order valence-electron chi connectivity index (χ4n) is 2.69. The lowest BCUT2D eigenvalue weighted by Crippen LogP contribution is -2.62. The van der Waals surface area contributed by atoms with Gasteiger partial charge in [-0.2, -0.15) is 0 Å². The predicted octanol–water partition coefficient (Wildman–Crippen LogP) is 3.59. The minimum Gasteiger partial charge on any atom is -0.306 e. The molecule has 0 aromatic carbocycles. The van der Waals surface area contributed by atoms with E-state index in [2.05, 4.69) is 5.32 Å². The third-order valence-electron chi connectivity index (χ3n) is 3.89. The van der Waals surface area contributed by atoms with E-state index in [-0.39, 0.29) is 5.41 Å². The first kappa shape index (κ1) is 12.9. The Morgan fingerprint density at radius 1 is 1.20 bits per heavy atom. The molecule has 0 amide bonds. The van der Waals surface area contributed by atoms with Crippen molar-refractivity contribution in [2.24, 2.45) is 5.41 Å². The van der Waals surface area contributed by atoms with Gasteiger partial charge in [0, 0.05) is 0 Å². The van der Waals surface area contributed by atoms with Crippen molar-refractivity contribution in [3.05, 3.63) is 0 Å². The SMILES string of the molecule is CCCNC1(C(F)F)CCCCC1(C)C. The monoisotopic (exact) mass is 219 g/mol. The maximum Gasteiger partial charge on any atom is 0.257 e. The Morgan fingerprint density at radius 3 is 2.27 bits per heavy atom. The van der Waals surface area contributed by atoms with E-state index in [1.54, 1.807) is 0 Å². The van der Waals surface area contributed by atoms with Crippen LogP contribution in [0.25, 0.3) is 0 Å². The van der Waals surface area contributed by atoms with Gasteiger partial charge in [0.05, 0.1) is 5.54 Å². The summed E-state index contributed by atoms with van der Waals surface area (Å²) >= 11 is 0. The van der Waals surface area contributed by atoms with E-state index in [0.29, 0.717) is 13.0 Å². The lowest BCUT2D eigenvalue weighted by molar-refractivity contribution is -0.0678. The third-order valence-corrected chi connectivity index (χ3v) is 3.89. The van der Waals surface area contributed by atoms with Crippen molar-refractivity contribution < 1.29 is 8.78 Å². The molecule has 1 unspecified atom stereocenters. The number of nitrogens with one attached hydrogen (secondary N) is 1. The van der Waals surface area contributed by atoms with Gasteiger partial charge in [-0.1, -0.05) is 33.6 Å². The molecule has 1 N–H and O–H groups in total. The van der Waals surface area contributed by atoms with Crippen LogP contribution in [0.1, 0.15) is 52.9 Å². The molecule has 0 saturated heterocycles. The van der Waals surface area contributed by atoms with Gasteiger partial charge in [0.1, 0.15) is 0 Å². The van der Waals surface area contributed by atoms with Crippen LogP contribution in [0.5, 0.6) is 0 Å². The van der Waals surface area contributed by atoms with Crippen molar-refractivity contribution in [3.8, 4) is 0 Å². The molecule has 0 bridgehead atoms. The highest BCUT2D eigenvalue weighted by Gasteiger charge is 2.52. The first-order chi connectivity index (χ1) is 6.96. The second kappa shape index (κ2) is 4.77. The van der Waals surface area contributed by atoms with Crippen molar-refractivity contribution in [2.45, 2.75) is 64.8 Å². The summed E-state index contributed by atoms with van der Waals surface area (Å²) in [6, 6.07) is 0. The van der Waals surface area contributed by atoms with Crippen molar-refractivity contribution >= 4 is 0 Å². The topological polar surface area (TPSA) is 12.0 Å². The van der Waals surface area contributed by atoms with Crippen LogP contribution in [-0.4, -0.2) is 18.5 Å². The summed E-state index contributed by atoms with van der Waals surface area (Å²) in [4.78, 5) is 0. The summed E-state index contributed by atoms with van der Waals surface area (Å²) in [7, 11) is 0. The van der Waals surface area contributed by atoms with Crippen LogP contribution in [0.2, 0.25) is 0 Å². The molecule has 1 saturated carbocycles. The highest BCUT2D eigenvalue weighted by atomic mass is 19.3. The molecule has 0 spiro atoms. The molecular weight excluding hydrogens is 196 g/mol. The normalized spacial score (nSPS) is 30.8. The number of rotatable bonds is 4. The van der Waals surface area contributed by atoms with Gasteiger partial charge < -0.3 is 5.32 Å². The quantitative estimate of drug-likeness (QED) is 0.762. The zero-order valence-electron chi connectivity index (χ0n) is 10.1. The van der Waals surface area contributed by atoms with Gasteiger partial charge in [0.2, 0.25) is 0 Å². The molecule has 90 valence electrons. The minimum absolute atomic E-state index is 0.297. The fraction of sp³-hybridized carbons (Fsp3) is 1.00. The van der Waals surface area contributed by atoms with E-state index in [9.17, 15) is 8.78 Å². The van der Waals surface area contributed by atoms with Crippen LogP contribution >= 0.6 is 0 Å². The van der Waals surface area contributed by atoms with Gasteiger partial charge >= 0.3 is 0 Å². The van der Waals surface area contributed by atoms with E-state index in [0.717, 1.165) is 25.7 Å². The van der Waals surface area contributed by atoms with Crippen LogP contribution in [0.15, 0.2) is 0 Å². The number of halogens is 2. The summed E-state index contributed by atoms with van der Waals surface area (Å²) in [5, 5.41) is 3.12. The van der Waals surface area contributed by atoms with Crippen LogP contribution < -0.4 is 5.32 Å². The first-order valence-electron chi connectivity index (χ1n) is 5.99. The molecule has 0 heterocycles. The van der Waals surface area contributed by atoms with Crippen LogP contribution in [0.3, 0.4) is 0 Å². The van der Waals surface area contributed by atoms with Crippen molar-refractivity contribution in [1.29, 1.82) is 0 Å². The summed E-state index contributed by atoms with van der Waals surface area (Å²) in [6.07, 6.45) is 2.15. The van der Waals surface area contributed by atoms with Crippen molar-refractivity contribution in [1.82, 2.24) is 5.32 Å². The second-order valence-corrected chi connectivity index (χ2v) is 5.29. The van der Waals surface area contributed by atoms with Gasteiger partial charge in [0.15, 0.2) is 0 Å². The molecule has 1 aliphatic carbocycles. The molecule has 0 aromatic heterocycles. The van der Waals surface area contributed by atoms with Crippen molar-refractivity contribution in [3.63, 3.8) is 0 Å². The van der Waals surface area contributed by atoms with Gasteiger partial charge in [0.25, 0.3) is 6.43 Å². The van der Waals surface area contributed by atoms with Gasteiger partial charge in [-0.15, -0.1) is 0 Å². The standard InChI is InChI=1S/C12H23F2N/c1-4-9-15-12(10(13)14)8-6-5-7-11(12,2)3/h10,15H,4-9H2,1-3H3. The molecule has 3 heteroatoms. The lowest BCUT2D eigenvalue weighted by Gasteiger charge is -2.50. The summed E-state index contributed by atoms with van der Waals surface area (Å²) in [5.74, 6) is 0. The van der Waals surface area contributed by atoms with Crippen LogP contribution in [-0.2, 0) is 0 Å². The summed E-state index contributed by atoms with van der Waals surface area (Å²) in [6.45, 7) is 6.65. The molecule has 1 aliphatic rings. The number of alkyl halides is 2. The Kier molecular flexibility index (Phi) is 4.10. The Hall–Kier alpha value is -0.180. The van der Waals surface area contributed by atoms with E-state index in [1.165, 1.54) is 0 Å². The molecule has 0 aromatic rings. The Morgan fingerprint density at radius 2 is 1.80 bits per heavy atom. The molecule has 0 aliphatic heterocycles. The Bertz CT molecular complexity index is 204. The zero-order chi connectivity index (χ0) is 11.5. The minimum atomic E-state index is -2.26. The lowest BCUT2D eigenvalue weighted by atomic mass is 9.63. The molecule has 1 fully saturated rings. The number of hydrogen-bond acceptors (Lipinski definition) is 1. The molecule has 0 radical (unpaired) electrons. The highest BCUT2D eigenvalue weighted by molar-refractivity contribution is 5.04. The number of hydrogen-bond donors (Lipinski definition) is 1. The maximum absolute atomic E-state index is 13.3. The third kappa shape index (κ3) is 2.32. The first-order valence-corrected chi connectivity index (χ1v) is 5.99. The molecular formula is C12H23F2N. The van der Waals surface area contributed by atoms with Crippen LogP contribution in [0, 0.1) is 5.41 Å². The van der Waals surface area contributed by atoms with E-state index in [4.69, 9.17) is 0 Å². The second-order valence-electron chi connectivity index (χ2n) is 5.29. The molecule has 15 heavy (non-hydrogen) atoms. The highest BCUT2D eigenvalue weighted by Crippen LogP contribution is 2.47. The Labute approximate surface area is 91.6 Å². The fourth-order valence-corrected chi connectivity index (χ4v) is 2.69. The summed E-state index contributed by atoms with van der Waals surface area (Å²) in [5.41, 5.74) is -1.25. The summed E-state index contributed by atoms with van der Waals surface area (Å²) < 4.78 is 26.7. The van der Waals surface area contributed by atoms with Crippen molar-refractivity contribution in [2.75, 3.05) is 6.54 Å². The van der Waals surface area contributed by atoms with E-state index in [1.807, 2.05) is 20.8 Å². The Balaban J connectivity index is 2.85. The van der Waals surface area contributed by atoms with Gasteiger partial charge in [-0.25, -0.2) is 8.78 Å². The largest absolute Gasteiger partial charge is 0.306 e. The van der Waals surface area contributed by atoms with Gasteiger partial charge in [-0.3, -0.25) is 0 Å². The zero-order valence-corrected chi connectivity index (χ0v) is 10.1. The average molecular weight is 219 g/mol. The average Bonchev–Trinajstić information content (AvgIpc) is 2.15. The predicted molar refractivity (Wildman–Crippen MR) is 59.3 cm³/mol. The molecule has 1 rings (SSSR count). The van der Waals surface area contributed by atoms with Crippen LogP contribution in [0.4, 0.5) is 8.78 Å². The smallest absolute Gasteiger partial charge is 0.257 e. The van der Waals surface area contributed by atoms with E-state index < -0.39 is 12.0 Å². The molecule has 1 nitrogen and oxygen atoms in total. The maximum atomic E-state index is 13.3. The molecule has 1 atom stereocenters. The van der Waals surface area contributed by atoms with Gasteiger partial charge in [-0.05, 0) is 31.2 Å². The van der Waals surface area contributed by atoms with E-state index >= 15 is 0 Å².